The molecule has 1 aromatic rings. The lowest BCUT2D eigenvalue weighted by Gasteiger charge is -2.00. The normalized spacial score (nSPS) is 10.3. The van der Waals surface area contributed by atoms with Crippen LogP contribution in [0.2, 0.25) is 0 Å². The van der Waals surface area contributed by atoms with Crippen molar-refractivity contribution in [1.29, 1.82) is 5.26 Å². The maximum absolute atomic E-state index is 13.6. The van der Waals surface area contributed by atoms with Crippen LogP contribution < -0.4 is 0 Å². The molecule has 0 saturated heterocycles. The summed E-state index contributed by atoms with van der Waals surface area (Å²) in [5, 5.41) is 8.50. The van der Waals surface area contributed by atoms with Gasteiger partial charge in [-0.2, -0.15) is 5.26 Å². The minimum absolute atomic E-state index is 0.118. The Morgan fingerprint density at radius 1 is 1.56 bits per heavy atom. The SMILES string of the molecule is CCOC(=O)CC=Cc1ccc(CC#N)cc1F. The molecule has 0 amide bonds. The van der Waals surface area contributed by atoms with Crippen LogP contribution in [0.3, 0.4) is 0 Å². The van der Waals surface area contributed by atoms with Gasteiger partial charge in [0.25, 0.3) is 0 Å². The summed E-state index contributed by atoms with van der Waals surface area (Å²) in [7, 11) is 0. The van der Waals surface area contributed by atoms with Gasteiger partial charge in [-0.1, -0.05) is 24.3 Å². The zero-order chi connectivity index (χ0) is 13.4. The predicted octanol–water partition coefficient (Wildman–Crippen LogP) is 2.86. The molecule has 0 aliphatic heterocycles. The minimum atomic E-state index is -0.400. The number of rotatable bonds is 5. The van der Waals surface area contributed by atoms with Gasteiger partial charge in [-0.15, -0.1) is 0 Å². The first-order valence-electron chi connectivity index (χ1n) is 5.65. The summed E-state index contributed by atoms with van der Waals surface area (Å²) in [6.45, 7) is 2.07. The summed E-state index contributed by atoms with van der Waals surface area (Å²) in [5.74, 6) is -0.738. The topological polar surface area (TPSA) is 50.1 Å². The zero-order valence-electron chi connectivity index (χ0n) is 10.1. The molecule has 0 bridgehead atoms. The highest BCUT2D eigenvalue weighted by Crippen LogP contribution is 2.13. The van der Waals surface area contributed by atoms with E-state index >= 15 is 0 Å². The number of benzene rings is 1. The van der Waals surface area contributed by atoms with Crippen molar-refractivity contribution >= 4 is 12.0 Å². The molecular formula is C14H14FNO2. The number of carbonyl (C=O) groups excluding carboxylic acids is 1. The highest BCUT2D eigenvalue weighted by Gasteiger charge is 2.01. The lowest BCUT2D eigenvalue weighted by molar-refractivity contribution is -0.142. The van der Waals surface area contributed by atoms with Gasteiger partial charge in [0, 0.05) is 5.56 Å². The van der Waals surface area contributed by atoms with Crippen LogP contribution in [-0.2, 0) is 16.0 Å². The molecule has 0 atom stereocenters. The maximum atomic E-state index is 13.6. The van der Waals surface area contributed by atoms with E-state index in [-0.39, 0.29) is 18.8 Å². The molecular weight excluding hydrogens is 233 g/mol. The van der Waals surface area contributed by atoms with E-state index in [1.165, 1.54) is 12.1 Å². The van der Waals surface area contributed by atoms with Gasteiger partial charge in [-0.3, -0.25) is 4.79 Å². The van der Waals surface area contributed by atoms with E-state index in [1.807, 2.05) is 6.07 Å². The molecule has 1 rings (SSSR count). The molecule has 0 aliphatic rings. The van der Waals surface area contributed by atoms with Crippen molar-refractivity contribution < 1.29 is 13.9 Å². The second-order valence-electron chi connectivity index (χ2n) is 3.60. The van der Waals surface area contributed by atoms with E-state index in [4.69, 9.17) is 10.00 Å². The van der Waals surface area contributed by atoms with Gasteiger partial charge in [0.2, 0.25) is 0 Å². The molecule has 0 saturated carbocycles. The average molecular weight is 247 g/mol. The smallest absolute Gasteiger partial charge is 0.309 e. The molecule has 1 aromatic carbocycles. The fourth-order valence-electron chi connectivity index (χ4n) is 1.41. The maximum Gasteiger partial charge on any atom is 0.309 e. The summed E-state index contributed by atoms with van der Waals surface area (Å²) in [5.41, 5.74) is 1.03. The number of esters is 1. The lowest BCUT2D eigenvalue weighted by Crippen LogP contribution is -2.01. The third-order valence-electron chi connectivity index (χ3n) is 2.24. The fraction of sp³-hybridized carbons (Fsp3) is 0.286. The van der Waals surface area contributed by atoms with E-state index in [0.29, 0.717) is 17.7 Å². The Hall–Kier alpha value is -2.15. The second-order valence-corrected chi connectivity index (χ2v) is 3.60. The van der Waals surface area contributed by atoms with Crippen molar-refractivity contribution in [2.75, 3.05) is 6.61 Å². The van der Waals surface area contributed by atoms with Crippen molar-refractivity contribution in [1.82, 2.24) is 0 Å². The molecule has 0 fully saturated rings. The number of nitriles is 1. The van der Waals surface area contributed by atoms with E-state index in [1.54, 1.807) is 25.1 Å². The Morgan fingerprint density at radius 2 is 2.33 bits per heavy atom. The van der Waals surface area contributed by atoms with E-state index in [9.17, 15) is 9.18 Å². The second kappa shape index (κ2) is 7.23. The third kappa shape index (κ3) is 4.38. The summed E-state index contributed by atoms with van der Waals surface area (Å²) in [4.78, 5) is 11.1. The molecule has 94 valence electrons. The van der Waals surface area contributed by atoms with Gasteiger partial charge in [0.05, 0.1) is 25.5 Å². The Morgan fingerprint density at radius 3 is 2.94 bits per heavy atom. The number of halogens is 1. The van der Waals surface area contributed by atoms with Crippen LogP contribution in [0.25, 0.3) is 6.08 Å². The first-order valence-corrected chi connectivity index (χ1v) is 5.65. The number of hydrogen-bond acceptors (Lipinski definition) is 3. The largest absolute Gasteiger partial charge is 0.466 e. The Kier molecular flexibility index (Phi) is 5.59. The Bertz CT molecular complexity index is 489. The van der Waals surface area contributed by atoms with Crippen LogP contribution >= 0.6 is 0 Å². The summed E-state index contributed by atoms with van der Waals surface area (Å²) < 4.78 is 18.3. The Balaban J connectivity index is 2.65. The molecule has 3 nitrogen and oxygen atoms in total. The highest BCUT2D eigenvalue weighted by atomic mass is 19.1. The number of hydrogen-bond donors (Lipinski definition) is 0. The molecule has 0 spiro atoms. The van der Waals surface area contributed by atoms with E-state index in [2.05, 4.69) is 0 Å². The molecule has 0 heterocycles. The van der Waals surface area contributed by atoms with Crippen molar-refractivity contribution in [2.45, 2.75) is 19.8 Å². The summed E-state index contributed by atoms with van der Waals surface area (Å²) >= 11 is 0. The van der Waals surface area contributed by atoms with Gasteiger partial charge < -0.3 is 4.74 Å². The van der Waals surface area contributed by atoms with E-state index in [0.717, 1.165) is 0 Å². The van der Waals surface area contributed by atoms with Crippen molar-refractivity contribution in [3.63, 3.8) is 0 Å². The first-order chi connectivity index (χ1) is 8.67. The monoisotopic (exact) mass is 247 g/mol. The van der Waals surface area contributed by atoms with Crippen molar-refractivity contribution in [2.24, 2.45) is 0 Å². The van der Waals surface area contributed by atoms with Gasteiger partial charge in [0.15, 0.2) is 0 Å². The van der Waals surface area contributed by atoms with Crippen LogP contribution in [0.1, 0.15) is 24.5 Å². The number of ether oxygens (including phenoxy) is 1. The molecule has 0 N–H and O–H groups in total. The summed E-state index contributed by atoms with van der Waals surface area (Å²) in [6, 6.07) is 6.56. The first kappa shape index (κ1) is 13.9. The van der Waals surface area contributed by atoms with Crippen LogP contribution in [-0.4, -0.2) is 12.6 Å². The molecule has 0 radical (unpaired) electrons. The minimum Gasteiger partial charge on any atom is -0.466 e. The number of nitrogens with zero attached hydrogens (tertiary/aromatic N) is 1. The quantitative estimate of drug-likeness (QED) is 0.752. The van der Waals surface area contributed by atoms with Gasteiger partial charge in [-0.05, 0) is 18.6 Å². The van der Waals surface area contributed by atoms with Crippen LogP contribution in [0.4, 0.5) is 4.39 Å². The standard InChI is InChI=1S/C14H14FNO2/c1-2-18-14(17)5-3-4-12-7-6-11(8-9-16)10-13(12)15/h3-4,6-7,10H,2,5,8H2,1H3. The van der Waals surface area contributed by atoms with Crippen LogP contribution in [0.15, 0.2) is 24.3 Å². The third-order valence-corrected chi connectivity index (χ3v) is 2.24. The molecule has 0 aromatic heterocycles. The fourth-order valence-corrected chi connectivity index (χ4v) is 1.41. The van der Waals surface area contributed by atoms with Crippen molar-refractivity contribution in [3.8, 4) is 6.07 Å². The molecule has 4 heteroatoms. The van der Waals surface area contributed by atoms with Crippen molar-refractivity contribution in [3.05, 3.63) is 41.2 Å². The van der Waals surface area contributed by atoms with Crippen LogP contribution in [0, 0.1) is 17.1 Å². The zero-order valence-corrected chi connectivity index (χ0v) is 10.1. The Labute approximate surface area is 105 Å². The average Bonchev–Trinajstić information content (AvgIpc) is 2.33. The lowest BCUT2D eigenvalue weighted by atomic mass is 10.1. The van der Waals surface area contributed by atoms with Gasteiger partial charge >= 0.3 is 5.97 Å². The highest BCUT2D eigenvalue weighted by molar-refractivity contribution is 5.72. The molecule has 18 heavy (non-hydrogen) atoms. The molecule has 0 unspecified atom stereocenters. The van der Waals surface area contributed by atoms with Gasteiger partial charge in [-0.25, -0.2) is 4.39 Å². The predicted molar refractivity (Wildman–Crippen MR) is 66.0 cm³/mol. The van der Waals surface area contributed by atoms with E-state index < -0.39 is 5.82 Å². The van der Waals surface area contributed by atoms with Crippen LogP contribution in [0.5, 0.6) is 0 Å². The van der Waals surface area contributed by atoms with Gasteiger partial charge in [0.1, 0.15) is 5.82 Å². The summed E-state index contributed by atoms with van der Waals surface area (Å²) in [6.07, 6.45) is 3.39. The molecule has 0 aliphatic carbocycles. The number of carbonyl (C=O) groups is 1.